The maximum atomic E-state index is 5.95. The first-order chi connectivity index (χ1) is 8.20. The molecule has 1 saturated heterocycles. The van der Waals surface area contributed by atoms with Gasteiger partial charge in [-0.15, -0.1) is 11.6 Å². The molecule has 0 saturated carbocycles. The lowest BCUT2D eigenvalue weighted by Gasteiger charge is -2.24. The second-order valence-corrected chi connectivity index (χ2v) is 5.96. The molecular weight excluding hydrogens is 371 g/mol. The minimum atomic E-state index is 0.137. The minimum absolute atomic E-state index is 0.137. The van der Waals surface area contributed by atoms with Gasteiger partial charge in [0.1, 0.15) is 11.9 Å². The average Bonchev–Trinajstić information content (AvgIpc) is 2.35. The zero-order valence-electron chi connectivity index (χ0n) is 9.22. The van der Waals surface area contributed by atoms with Gasteiger partial charge in [0.2, 0.25) is 0 Å². The Kier molecular flexibility index (Phi) is 5.15. The zero-order chi connectivity index (χ0) is 12.3. The third kappa shape index (κ3) is 3.60. The summed E-state index contributed by atoms with van der Waals surface area (Å²) in [6.45, 7) is 1.50. The van der Waals surface area contributed by atoms with Crippen molar-refractivity contribution in [1.29, 1.82) is 0 Å². The quantitative estimate of drug-likeness (QED) is 0.714. The van der Waals surface area contributed by atoms with Gasteiger partial charge in [0.25, 0.3) is 0 Å². The monoisotopic (exact) mass is 382 g/mol. The van der Waals surface area contributed by atoms with Crippen LogP contribution in [0.25, 0.3) is 0 Å². The van der Waals surface area contributed by atoms with Crippen LogP contribution >= 0.6 is 43.5 Å². The SMILES string of the molecule is ClCc1cc(Br)c(OC2CCCOC2)c(Br)c1. The first-order valence-corrected chi connectivity index (χ1v) is 7.61. The molecule has 1 heterocycles. The predicted molar refractivity (Wildman–Crippen MR) is 75.9 cm³/mol. The lowest BCUT2D eigenvalue weighted by Crippen LogP contribution is -2.28. The Bertz CT molecular complexity index is 369. The molecule has 0 aliphatic carbocycles. The molecule has 0 radical (unpaired) electrons. The molecule has 17 heavy (non-hydrogen) atoms. The maximum Gasteiger partial charge on any atom is 0.148 e. The van der Waals surface area contributed by atoms with Gasteiger partial charge >= 0.3 is 0 Å². The number of hydrogen-bond acceptors (Lipinski definition) is 2. The van der Waals surface area contributed by atoms with E-state index in [2.05, 4.69) is 31.9 Å². The van der Waals surface area contributed by atoms with E-state index in [1.165, 1.54) is 0 Å². The van der Waals surface area contributed by atoms with Crippen molar-refractivity contribution in [3.63, 3.8) is 0 Å². The molecule has 1 aliphatic rings. The van der Waals surface area contributed by atoms with Gasteiger partial charge in [0, 0.05) is 12.5 Å². The van der Waals surface area contributed by atoms with Crippen LogP contribution in [0.4, 0.5) is 0 Å². The average molecular weight is 384 g/mol. The maximum absolute atomic E-state index is 5.95. The number of hydrogen-bond donors (Lipinski definition) is 0. The van der Waals surface area contributed by atoms with Gasteiger partial charge in [-0.25, -0.2) is 0 Å². The summed E-state index contributed by atoms with van der Waals surface area (Å²) in [5, 5.41) is 0. The van der Waals surface area contributed by atoms with Crippen molar-refractivity contribution >= 4 is 43.5 Å². The summed E-state index contributed by atoms with van der Waals surface area (Å²) in [5.41, 5.74) is 1.05. The summed E-state index contributed by atoms with van der Waals surface area (Å²) in [6.07, 6.45) is 2.23. The fourth-order valence-electron chi connectivity index (χ4n) is 1.77. The first kappa shape index (κ1) is 13.7. The summed E-state index contributed by atoms with van der Waals surface area (Å²) in [6, 6.07) is 3.97. The fraction of sp³-hybridized carbons (Fsp3) is 0.500. The highest BCUT2D eigenvalue weighted by Crippen LogP contribution is 2.36. The Morgan fingerprint density at radius 1 is 1.35 bits per heavy atom. The van der Waals surface area contributed by atoms with E-state index in [1.54, 1.807) is 0 Å². The van der Waals surface area contributed by atoms with E-state index >= 15 is 0 Å². The van der Waals surface area contributed by atoms with Crippen molar-refractivity contribution in [2.75, 3.05) is 13.2 Å². The van der Waals surface area contributed by atoms with Crippen LogP contribution in [-0.2, 0) is 10.6 Å². The summed E-state index contributed by atoms with van der Waals surface area (Å²) in [4.78, 5) is 0. The van der Waals surface area contributed by atoms with E-state index < -0.39 is 0 Å². The van der Waals surface area contributed by atoms with Crippen LogP contribution in [0.1, 0.15) is 18.4 Å². The van der Waals surface area contributed by atoms with Crippen LogP contribution in [0.5, 0.6) is 5.75 Å². The molecule has 0 N–H and O–H groups in total. The molecule has 0 amide bonds. The molecule has 1 unspecified atom stereocenters. The van der Waals surface area contributed by atoms with Crippen molar-refractivity contribution in [1.82, 2.24) is 0 Å². The van der Waals surface area contributed by atoms with Gasteiger partial charge in [-0.1, -0.05) is 0 Å². The third-order valence-electron chi connectivity index (χ3n) is 2.62. The highest BCUT2D eigenvalue weighted by atomic mass is 79.9. The number of ether oxygens (including phenoxy) is 2. The smallest absolute Gasteiger partial charge is 0.148 e. The van der Waals surface area contributed by atoms with Crippen LogP contribution < -0.4 is 4.74 Å². The topological polar surface area (TPSA) is 18.5 Å². The van der Waals surface area contributed by atoms with Crippen molar-refractivity contribution in [3.05, 3.63) is 26.6 Å². The summed E-state index contributed by atoms with van der Waals surface area (Å²) in [5.74, 6) is 1.32. The molecule has 2 rings (SSSR count). The lowest BCUT2D eigenvalue weighted by atomic mass is 10.1. The van der Waals surface area contributed by atoms with Crippen molar-refractivity contribution in [2.45, 2.75) is 24.8 Å². The number of alkyl halides is 1. The van der Waals surface area contributed by atoms with Crippen LogP contribution in [0.15, 0.2) is 21.1 Å². The Morgan fingerprint density at radius 3 is 2.59 bits per heavy atom. The van der Waals surface area contributed by atoms with Crippen molar-refractivity contribution in [3.8, 4) is 5.75 Å². The van der Waals surface area contributed by atoms with Gasteiger partial charge < -0.3 is 9.47 Å². The molecule has 0 spiro atoms. The van der Waals surface area contributed by atoms with Crippen LogP contribution in [0.2, 0.25) is 0 Å². The Labute approximate surface area is 123 Å². The third-order valence-corrected chi connectivity index (χ3v) is 4.10. The van der Waals surface area contributed by atoms with E-state index in [0.717, 1.165) is 39.7 Å². The normalized spacial score (nSPS) is 20.3. The Hall–Kier alpha value is 0.230. The van der Waals surface area contributed by atoms with Crippen molar-refractivity contribution in [2.24, 2.45) is 0 Å². The first-order valence-electron chi connectivity index (χ1n) is 5.49. The molecule has 1 fully saturated rings. The lowest BCUT2D eigenvalue weighted by molar-refractivity contribution is 0.00678. The molecule has 94 valence electrons. The Balaban J connectivity index is 2.14. The van der Waals surface area contributed by atoms with E-state index in [4.69, 9.17) is 21.1 Å². The predicted octanol–water partition coefficient (Wildman–Crippen LogP) is 4.51. The Morgan fingerprint density at radius 2 is 2.06 bits per heavy atom. The molecule has 1 aromatic carbocycles. The van der Waals surface area contributed by atoms with E-state index in [0.29, 0.717) is 12.5 Å². The van der Waals surface area contributed by atoms with Gasteiger partial charge in [-0.3, -0.25) is 0 Å². The molecule has 1 aliphatic heterocycles. The zero-order valence-corrected chi connectivity index (χ0v) is 13.1. The largest absolute Gasteiger partial charge is 0.486 e. The van der Waals surface area contributed by atoms with E-state index in [9.17, 15) is 0 Å². The summed E-state index contributed by atoms with van der Waals surface area (Å²) >= 11 is 12.8. The molecular formula is C12H13Br2ClO2. The van der Waals surface area contributed by atoms with E-state index in [1.807, 2.05) is 12.1 Å². The van der Waals surface area contributed by atoms with Gasteiger partial charge in [0.05, 0.1) is 15.6 Å². The number of benzene rings is 1. The van der Waals surface area contributed by atoms with Crippen LogP contribution in [0.3, 0.4) is 0 Å². The molecule has 5 heteroatoms. The molecule has 1 aromatic rings. The van der Waals surface area contributed by atoms with Crippen LogP contribution in [-0.4, -0.2) is 19.3 Å². The summed E-state index contributed by atoms with van der Waals surface area (Å²) < 4.78 is 13.2. The standard InChI is InChI=1S/C12H13Br2ClO2/c13-10-4-8(6-15)5-11(14)12(10)17-9-2-1-3-16-7-9/h4-5,9H,1-3,6-7H2. The van der Waals surface area contributed by atoms with E-state index in [-0.39, 0.29) is 6.10 Å². The number of halogens is 3. The number of rotatable bonds is 3. The highest BCUT2D eigenvalue weighted by Gasteiger charge is 2.18. The minimum Gasteiger partial charge on any atom is -0.486 e. The molecule has 0 aromatic heterocycles. The molecule has 1 atom stereocenters. The second kappa shape index (κ2) is 6.41. The summed E-state index contributed by atoms with van der Waals surface area (Å²) in [7, 11) is 0. The second-order valence-electron chi connectivity index (χ2n) is 3.98. The van der Waals surface area contributed by atoms with Crippen LogP contribution in [0, 0.1) is 0 Å². The molecule has 2 nitrogen and oxygen atoms in total. The highest BCUT2D eigenvalue weighted by molar-refractivity contribution is 9.11. The fourth-order valence-corrected chi connectivity index (χ4v) is 3.40. The van der Waals surface area contributed by atoms with Gasteiger partial charge in [-0.05, 0) is 62.4 Å². The van der Waals surface area contributed by atoms with Gasteiger partial charge in [-0.2, -0.15) is 0 Å². The van der Waals surface area contributed by atoms with Crippen molar-refractivity contribution < 1.29 is 9.47 Å². The van der Waals surface area contributed by atoms with Gasteiger partial charge in [0.15, 0.2) is 0 Å². The molecule has 0 bridgehead atoms.